The highest BCUT2D eigenvalue weighted by molar-refractivity contribution is 6.18. The van der Waals surface area contributed by atoms with Crippen LogP contribution in [0.3, 0.4) is 0 Å². The van der Waals surface area contributed by atoms with Crippen LogP contribution >= 0.6 is 11.6 Å². The van der Waals surface area contributed by atoms with E-state index in [1.807, 2.05) is 13.1 Å². The summed E-state index contributed by atoms with van der Waals surface area (Å²) in [6.07, 6.45) is 2.88. The van der Waals surface area contributed by atoms with Gasteiger partial charge in [0.1, 0.15) is 5.82 Å². The van der Waals surface area contributed by atoms with Crippen LogP contribution in [-0.4, -0.2) is 33.4 Å². The van der Waals surface area contributed by atoms with Crippen LogP contribution in [0.15, 0.2) is 30.6 Å². The lowest BCUT2D eigenvalue weighted by atomic mass is 10.2. The molecule has 0 aliphatic heterocycles. The summed E-state index contributed by atoms with van der Waals surface area (Å²) in [7, 11) is 0. The molecule has 0 saturated heterocycles. The number of aliphatic hydroxyl groups is 1. The fraction of sp³-hybridized carbons (Fsp3) is 0.308. The van der Waals surface area contributed by atoms with Gasteiger partial charge in [0.15, 0.2) is 0 Å². The Morgan fingerprint density at radius 1 is 1.53 bits per heavy atom. The molecule has 0 saturated carbocycles. The molecule has 1 aromatic carbocycles. The molecular weight excluding hydrogens is 269 g/mol. The lowest BCUT2D eigenvalue weighted by molar-refractivity contribution is 0.211. The third kappa shape index (κ3) is 3.45. The lowest BCUT2D eigenvalue weighted by Crippen LogP contribution is -2.21. The summed E-state index contributed by atoms with van der Waals surface area (Å²) in [6, 6.07) is 4.37. The van der Waals surface area contributed by atoms with Gasteiger partial charge in [-0.15, -0.1) is 11.6 Å². The van der Waals surface area contributed by atoms with Gasteiger partial charge in [-0.2, -0.15) is 5.10 Å². The molecule has 1 aromatic heterocycles. The van der Waals surface area contributed by atoms with E-state index in [1.165, 1.54) is 12.1 Å². The zero-order valence-electron chi connectivity index (χ0n) is 10.5. The number of nitrogens with one attached hydrogen (secondary N) is 1. The van der Waals surface area contributed by atoms with Crippen molar-refractivity contribution < 1.29 is 9.50 Å². The van der Waals surface area contributed by atoms with Crippen LogP contribution in [-0.2, 0) is 0 Å². The van der Waals surface area contributed by atoms with Gasteiger partial charge in [-0.3, -0.25) is 0 Å². The quantitative estimate of drug-likeness (QED) is 0.828. The number of rotatable bonds is 5. The molecule has 0 bridgehead atoms. The summed E-state index contributed by atoms with van der Waals surface area (Å²) < 4.78 is 15.0. The van der Waals surface area contributed by atoms with Gasteiger partial charge in [0, 0.05) is 12.7 Å². The first-order chi connectivity index (χ1) is 9.10. The largest absolute Gasteiger partial charge is 0.390 e. The second-order valence-corrected chi connectivity index (χ2v) is 4.62. The topological polar surface area (TPSA) is 50.1 Å². The molecule has 2 rings (SSSR count). The van der Waals surface area contributed by atoms with Gasteiger partial charge < -0.3 is 10.4 Å². The predicted octanol–water partition coefficient (Wildman–Crippen LogP) is 2.33. The molecule has 19 heavy (non-hydrogen) atoms. The number of aromatic nitrogens is 2. The molecule has 102 valence electrons. The fourth-order valence-electron chi connectivity index (χ4n) is 1.68. The van der Waals surface area contributed by atoms with E-state index in [1.54, 1.807) is 16.9 Å². The monoisotopic (exact) mass is 283 g/mol. The summed E-state index contributed by atoms with van der Waals surface area (Å²) >= 11 is 5.53. The molecule has 0 spiro atoms. The highest BCUT2D eigenvalue weighted by atomic mass is 35.5. The normalized spacial score (nSPS) is 12.4. The van der Waals surface area contributed by atoms with E-state index >= 15 is 0 Å². The maximum atomic E-state index is 13.3. The van der Waals surface area contributed by atoms with E-state index in [0.29, 0.717) is 5.69 Å². The maximum Gasteiger partial charge on any atom is 0.125 e. The molecule has 4 nitrogen and oxygen atoms in total. The number of anilines is 1. The summed E-state index contributed by atoms with van der Waals surface area (Å²) in [5.74, 6) is -0.228. The lowest BCUT2D eigenvalue weighted by Gasteiger charge is -2.14. The number of nitrogens with zero attached hydrogens (tertiary/aromatic N) is 2. The number of halogens is 2. The number of benzene rings is 1. The minimum atomic E-state index is -0.683. The molecule has 0 fully saturated rings. The van der Waals surface area contributed by atoms with Gasteiger partial charge in [0.05, 0.1) is 29.6 Å². The zero-order chi connectivity index (χ0) is 13.8. The first kappa shape index (κ1) is 13.8. The van der Waals surface area contributed by atoms with Crippen LogP contribution in [0.25, 0.3) is 5.69 Å². The van der Waals surface area contributed by atoms with E-state index in [2.05, 4.69) is 10.4 Å². The Balaban J connectivity index is 2.27. The predicted molar refractivity (Wildman–Crippen MR) is 73.5 cm³/mol. The van der Waals surface area contributed by atoms with E-state index in [-0.39, 0.29) is 18.2 Å². The molecule has 2 aromatic rings. The van der Waals surface area contributed by atoms with Crippen LogP contribution in [0, 0.1) is 12.7 Å². The summed E-state index contributed by atoms with van der Waals surface area (Å²) in [5.41, 5.74) is 2.29. The van der Waals surface area contributed by atoms with Crippen molar-refractivity contribution in [2.45, 2.75) is 13.0 Å². The smallest absolute Gasteiger partial charge is 0.125 e. The molecule has 0 amide bonds. The number of alkyl halides is 1. The third-order valence-electron chi connectivity index (χ3n) is 2.62. The minimum Gasteiger partial charge on any atom is -0.390 e. The summed E-state index contributed by atoms with van der Waals surface area (Å²) in [6.45, 7) is 2.18. The van der Waals surface area contributed by atoms with Crippen LogP contribution in [0.5, 0.6) is 0 Å². The van der Waals surface area contributed by atoms with Crippen molar-refractivity contribution in [3.05, 3.63) is 42.0 Å². The average Bonchev–Trinajstić information content (AvgIpc) is 2.82. The Morgan fingerprint density at radius 2 is 2.32 bits per heavy atom. The molecule has 1 atom stereocenters. The second kappa shape index (κ2) is 6.04. The van der Waals surface area contributed by atoms with Gasteiger partial charge in [-0.1, -0.05) is 0 Å². The van der Waals surface area contributed by atoms with Crippen molar-refractivity contribution in [2.24, 2.45) is 0 Å². The molecule has 1 unspecified atom stereocenters. The van der Waals surface area contributed by atoms with Crippen LogP contribution < -0.4 is 5.32 Å². The van der Waals surface area contributed by atoms with E-state index in [0.717, 1.165) is 11.3 Å². The third-order valence-corrected chi connectivity index (χ3v) is 2.98. The summed E-state index contributed by atoms with van der Waals surface area (Å²) in [5, 5.41) is 16.6. The van der Waals surface area contributed by atoms with Crippen molar-refractivity contribution in [2.75, 3.05) is 17.7 Å². The Labute approximate surface area is 115 Å². The second-order valence-electron chi connectivity index (χ2n) is 4.31. The molecule has 6 heteroatoms. The molecule has 0 aliphatic carbocycles. The van der Waals surface area contributed by atoms with Gasteiger partial charge >= 0.3 is 0 Å². The molecule has 1 heterocycles. The maximum absolute atomic E-state index is 13.3. The van der Waals surface area contributed by atoms with Crippen molar-refractivity contribution in [1.29, 1.82) is 0 Å². The highest BCUT2D eigenvalue weighted by Crippen LogP contribution is 2.21. The van der Waals surface area contributed by atoms with Crippen molar-refractivity contribution in [3.8, 4) is 5.69 Å². The average molecular weight is 284 g/mol. The molecule has 2 N–H and O–H groups in total. The number of hydrogen-bond acceptors (Lipinski definition) is 3. The Morgan fingerprint density at radius 3 is 2.95 bits per heavy atom. The standard InChI is InChI=1S/C13H15ClFN3O/c1-9-6-17-18(8-9)13-3-2-10(15)4-12(13)16-7-11(19)5-14/h2-4,6,8,11,16,19H,5,7H2,1H3. The highest BCUT2D eigenvalue weighted by Gasteiger charge is 2.09. The number of aryl methyl sites for hydroxylation is 1. The van der Waals surface area contributed by atoms with E-state index in [9.17, 15) is 9.50 Å². The van der Waals surface area contributed by atoms with E-state index < -0.39 is 6.10 Å². The Hall–Kier alpha value is -1.59. The van der Waals surface area contributed by atoms with Gasteiger partial charge in [0.25, 0.3) is 0 Å². The molecule has 0 aliphatic rings. The van der Waals surface area contributed by atoms with E-state index in [4.69, 9.17) is 11.6 Å². The van der Waals surface area contributed by atoms with Crippen molar-refractivity contribution >= 4 is 17.3 Å². The van der Waals surface area contributed by atoms with Crippen LogP contribution in [0.4, 0.5) is 10.1 Å². The first-order valence-electron chi connectivity index (χ1n) is 5.89. The van der Waals surface area contributed by atoms with Crippen molar-refractivity contribution in [3.63, 3.8) is 0 Å². The number of hydrogen-bond donors (Lipinski definition) is 2. The van der Waals surface area contributed by atoms with Crippen LogP contribution in [0.1, 0.15) is 5.56 Å². The van der Waals surface area contributed by atoms with Gasteiger partial charge in [-0.05, 0) is 30.7 Å². The molecule has 0 radical (unpaired) electrons. The SMILES string of the molecule is Cc1cnn(-c2ccc(F)cc2NCC(O)CCl)c1. The Bertz CT molecular complexity index is 559. The number of aliphatic hydroxyl groups excluding tert-OH is 1. The van der Waals surface area contributed by atoms with Crippen LogP contribution in [0.2, 0.25) is 0 Å². The first-order valence-corrected chi connectivity index (χ1v) is 6.42. The van der Waals surface area contributed by atoms with Gasteiger partial charge in [0.2, 0.25) is 0 Å². The zero-order valence-corrected chi connectivity index (χ0v) is 11.2. The summed E-state index contributed by atoms with van der Waals surface area (Å²) in [4.78, 5) is 0. The Kier molecular flexibility index (Phi) is 4.39. The fourth-order valence-corrected chi connectivity index (χ4v) is 1.79. The van der Waals surface area contributed by atoms with Gasteiger partial charge in [-0.25, -0.2) is 9.07 Å². The minimum absolute atomic E-state index is 0.124. The molecular formula is C13H15ClFN3O. The van der Waals surface area contributed by atoms with Crippen molar-refractivity contribution in [1.82, 2.24) is 9.78 Å².